The SMILES string of the molecule is CN(C)c1ccc([P@](=O)(OCc2ccccc2)[C@H](O)c2ccccc2F)cc1. The summed E-state index contributed by atoms with van der Waals surface area (Å²) >= 11 is 0. The van der Waals surface area contributed by atoms with Crippen LogP contribution in [0.3, 0.4) is 0 Å². The zero-order chi connectivity index (χ0) is 20.1. The fourth-order valence-corrected chi connectivity index (χ4v) is 4.91. The molecule has 2 atom stereocenters. The van der Waals surface area contributed by atoms with Crippen molar-refractivity contribution in [1.29, 1.82) is 0 Å². The molecule has 4 nitrogen and oxygen atoms in total. The van der Waals surface area contributed by atoms with Crippen molar-refractivity contribution >= 4 is 18.4 Å². The van der Waals surface area contributed by atoms with E-state index in [0.29, 0.717) is 5.30 Å². The fraction of sp³-hybridized carbons (Fsp3) is 0.182. The highest BCUT2D eigenvalue weighted by atomic mass is 31.2. The van der Waals surface area contributed by atoms with E-state index in [2.05, 4.69) is 0 Å². The summed E-state index contributed by atoms with van der Waals surface area (Å²) in [7, 11) is -0.0351. The number of halogens is 1. The Morgan fingerprint density at radius 3 is 2.18 bits per heavy atom. The van der Waals surface area contributed by atoms with Gasteiger partial charge in [0.1, 0.15) is 5.82 Å². The van der Waals surface area contributed by atoms with Crippen LogP contribution >= 0.6 is 7.37 Å². The van der Waals surface area contributed by atoms with Crippen LogP contribution in [0.25, 0.3) is 0 Å². The van der Waals surface area contributed by atoms with Crippen molar-refractivity contribution in [2.75, 3.05) is 19.0 Å². The Bertz CT molecular complexity index is 961. The Labute approximate surface area is 164 Å². The Morgan fingerprint density at radius 2 is 1.57 bits per heavy atom. The molecule has 0 aliphatic heterocycles. The summed E-state index contributed by atoms with van der Waals surface area (Å²) in [5, 5.41) is 11.2. The molecule has 0 fully saturated rings. The first-order valence-electron chi connectivity index (χ1n) is 8.90. The van der Waals surface area contributed by atoms with E-state index in [1.54, 1.807) is 30.3 Å². The van der Waals surface area contributed by atoms with Gasteiger partial charge in [-0.1, -0.05) is 48.5 Å². The number of aliphatic hydroxyl groups is 1. The molecule has 3 aromatic rings. The van der Waals surface area contributed by atoms with Gasteiger partial charge in [0.05, 0.1) is 6.61 Å². The number of hydrogen-bond donors (Lipinski definition) is 1. The van der Waals surface area contributed by atoms with Crippen molar-refractivity contribution < 1.29 is 18.6 Å². The standard InChI is InChI=1S/C22H23FNO3P/c1-24(2)18-12-14-19(15-13-18)28(26,27-16-17-8-4-3-5-9-17)22(25)20-10-6-7-11-21(20)23/h3-15,22,25H,16H2,1-2H3/t22-,28-/m0/s1. The first-order chi connectivity index (χ1) is 13.4. The van der Waals surface area contributed by atoms with E-state index in [9.17, 15) is 14.1 Å². The van der Waals surface area contributed by atoms with Crippen LogP contribution in [0.15, 0.2) is 78.9 Å². The topological polar surface area (TPSA) is 49.8 Å². The van der Waals surface area contributed by atoms with Crippen LogP contribution in [0.4, 0.5) is 10.1 Å². The average molecular weight is 399 g/mol. The zero-order valence-electron chi connectivity index (χ0n) is 15.8. The number of rotatable bonds is 7. The predicted octanol–water partition coefficient (Wildman–Crippen LogP) is 4.70. The van der Waals surface area contributed by atoms with Crippen LogP contribution in [0, 0.1) is 5.82 Å². The molecule has 0 heterocycles. The van der Waals surface area contributed by atoms with Crippen molar-refractivity contribution in [3.05, 3.63) is 95.8 Å². The highest BCUT2D eigenvalue weighted by Crippen LogP contribution is 2.58. The smallest absolute Gasteiger partial charge is 0.264 e. The van der Waals surface area contributed by atoms with Crippen molar-refractivity contribution in [1.82, 2.24) is 0 Å². The first-order valence-corrected chi connectivity index (χ1v) is 10.6. The van der Waals surface area contributed by atoms with Crippen LogP contribution in [0.2, 0.25) is 0 Å². The number of benzene rings is 3. The molecule has 3 rings (SSSR count). The molecular weight excluding hydrogens is 376 g/mol. The molecule has 0 amide bonds. The molecule has 0 saturated heterocycles. The molecule has 146 valence electrons. The summed E-state index contributed by atoms with van der Waals surface area (Å²) in [5.74, 6) is -2.23. The molecule has 0 aliphatic carbocycles. The minimum Gasteiger partial charge on any atom is -0.378 e. The molecule has 0 aromatic heterocycles. The van der Waals surface area contributed by atoms with Gasteiger partial charge in [-0.25, -0.2) is 4.39 Å². The molecule has 0 bridgehead atoms. The third-order valence-electron chi connectivity index (χ3n) is 4.50. The van der Waals surface area contributed by atoms with Gasteiger partial charge in [-0.05, 0) is 35.9 Å². The maximum absolute atomic E-state index is 14.3. The van der Waals surface area contributed by atoms with Crippen molar-refractivity contribution in [3.8, 4) is 0 Å². The Hall–Kier alpha value is -2.46. The fourth-order valence-electron chi connectivity index (χ4n) is 2.86. The summed E-state index contributed by atoms with van der Waals surface area (Å²) in [6, 6.07) is 21.9. The second-order valence-corrected chi connectivity index (χ2v) is 9.12. The van der Waals surface area contributed by atoms with E-state index in [1.165, 1.54) is 18.2 Å². The maximum atomic E-state index is 14.3. The number of aliphatic hydroxyl groups excluding tert-OH is 1. The monoisotopic (exact) mass is 399 g/mol. The van der Waals surface area contributed by atoms with Gasteiger partial charge in [0, 0.05) is 30.7 Å². The highest BCUT2D eigenvalue weighted by molar-refractivity contribution is 7.67. The molecule has 0 radical (unpaired) electrons. The number of hydrogen-bond acceptors (Lipinski definition) is 4. The van der Waals surface area contributed by atoms with Crippen LogP contribution in [0.5, 0.6) is 0 Å². The van der Waals surface area contributed by atoms with E-state index in [-0.39, 0.29) is 12.2 Å². The number of nitrogens with zero attached hydrogens (tertiary/aromatic N) is 1. The predicted molar refractivity (Wildman–Crippen MR) is 111 cm³/mol. The van der Waals surface area contributed by atoms with Crippen molar-refractivity contribution in [3.63, 3.8) is 0 Å². The van der Waals surface area contributed by atoms with Gasteiger partial charge in [0.2, 0.25) is 0 Å². The summed E-state index contributed by atoms with van der Waals surface area (Å²) in [4.78, 5) is 1.91. The van der Waals surface area contributed by atoms with Crippen molar-refractivity contribution in [2.24, 2.45) is 0 Å². The second-order valence-electron chi connectivity index (χ2n) is 6.66. The van der Waals surface area contributed by atoms with E-state index < -0.39 is 19.0 Å². The summed E-state index contributed by atoms with van der Waals surface area (Å²) in [6.45, 7) is 0.0407. The van der Waals surface area contributed by atoms with Crippen LogP contribution in [-0.2, 0) is 15.7 Å². The summed E-state index contributed by atoms with van der Waals surface area (Å²) in [6.07, 6.45) is 0. The minimum absolute atomic E-state index is 0.0407. The summed E-state index contributed by atoms with van der Waals surface area (Å²) in [5.41, 5.74) is 1.68. The van der Waals surface area contributed by atoms with Gasteiger partial charge in [0.15, 0.2) is 5.85 Å². The average Bonchev–Trinajstić information content (AvgIpc) is 2.72. The summed E-state index contributed by atoms with van der Waals surface area (Å²) < 4.78 is 33.9. The Kier molecular flexibility index (Phi) is 6.30. The Balaban J connectivity index is 1.99. The third kappa shape index (κ3) is 4.33. The van der Waals surface area contributed by atoms with Gasteiger partial charge in [-0.15, -0.1) is 0 Å². The van der Waals surface area contributed by atoms with Crippen LogP contribution < -0.4 is 10.2 Å². The lowest BCUT2D eigenvalue weighted by Crippen LogP contribution is -2.16. The Morgan fingerprint density at radius 1 is 0.964 bits per heavy atom. The van der Waals surface area contributed by atoms with E-state index >= 15 is 0 Å². The molecule has 28 heavy (non-hydrogen) atoms. The third-order valence-corrected chi connectivity index (χ3v) is 6.95. The lowest BCUT2D eigenvalue weighted by atomic mass is 10.2. The molecule has 3 aromatic carbocycles. The van der Waals surface area contributed by atoms with Gasteiger partial charge in [0.25, 0.3) is 7.37 Å². The maximum Gasteiger partial charge on any atom is 0.264 e. The molecule has 0 unspecified atom stereocenters. The molecule has 0 saturated carbocycles. The molecule has 6 heteroatoms. The molecule has 0 aliphatic rings. The quantitative estimate of drug-likeness (QED) is 0.585. The molecule has 1 N–H and O–H groups in total. The molecular formula is C22H23FNO3P. The van der Waals surface area contributed by atoms with E-state index in [0.717, 1.165) is 11.3 Å². The van der Waals surface area contributed by atoms with E-state index in [1.807, 2.05) is 49.3 Å². The molecule has 0 spiro atoms. The zero-order valence-corrected chi connectivity index (χ0v) is 16.7. The number of anilines is 1. The van der Waals surface area contributed by atoms with Gasteiger partial charge in [-0.2, -0.15) is 0 Å². The van der Waals surface area contributed by atoms with Crippen LogP contribution in [0.1, 0.15) is 17.0 Å². The van der Waals surface area contributed by atoms with Gasteiger partial charge >= 0.3 is 0 Å². The van der Waals surface area contributed by atoms with Gasteiger partial charge < -0.3 is 14.5 Å². The largest absolute Gasteiger partial charge is 0.378 e. The lowest BCUT2D eigenvalue weighted by molar-refractivity contribution is 0.206. The normalized spacial score (nSPS) is 14.3. The van der Waals surface area contributed by atoms with Gasteiger partial charge in [-0.3, -0.25) is 4.57 Å². The lowest BCUT2D eigenvalue weighted by Gasteiger charge is -2.25. The van der Waals surface area contributed by atoms with Crippen molar-refractivity contribution in [2.45, 2.75) is 12.5 Å². The van der Waals surface area contributed by atoms with E-state index in [4.69, 9.17) is 4.52 Å². The van der Waals surface area contributed by atoms with Crippen LogP contribution in [-0.4, -0.2) is 19.2 Å². The first kappa shape index (κ1) is 20.3. The second kappa shape index (κ2) is 8.70. The highest BCUT2D eigenvalue weighted by Gasteiger charge is 2.37. The minimum atomic E-state index is -3.83.